The van der Waals surface area contributed by atoms with E-state index in [-0.39, 0.29) is 18.3 Å². The first-order valence-electron chi connectivity index (χ1n) is 4.64. The molecule has 3 atom stereocenters. The van der Waals surface area contributed by atoms with E-state index in [0.717, 1.165) is 19.3 Å². The molecular weight excluding hydrogens is 156 g/mol. The normalized spacial score (nSPS) is 47.5. The van der Waals surface area contributed by atoms with Gasteiger partial charge in [-0.15, -0.1) is 0 Å². The summed E-state index contributed by atoms with van der Waals surface area (Å²) in [5.74, 6) is 0. The molecule has 0 saturated carbocycles. The molecule has 0 aromatic heterocycles. The van der Waals surface area contributed by atoms with Gasteiger partial charge in [0.1, 0.15) is 0 Å². The molecule has 70 valence electrons. The van der Waals surface area contributed by atoms with E-state index in [1.54, 1.807) is 0 Å². The van der Waals surface area contributed by atoms with E-state index in [1.165, 1.54) is 0 Å². The quantitative estimate of drug-likeness (QED) is 0.633. The molecule has 0 amide bonds. The van der Waals surface area contributed by atoms with Gasteiger partial charge >= 0.3 is 0 Å². The maximum atomic E-state index is 8.91. The molecule has 2 saturated heterocycles. The second kappa shape index (κ2) is 2.98. The average Bonchev–Trinajstić information content (AvgIpc) is 2.61. The smallest absolute Gasteiger partial charge is 0.0945 e. The van der Waals surface area contributed by atoms with Crippen LogP contribution in [0.1, 0.15) is 26.2 Å². The molecule has 12 heavy (non-hydrogen) atoms. The SMILES string of the molecule is C[C@@H]1C[C@@]2(CC[C@@H](CO)O2)CO1. The van der Waals surface area contributed by atoms with Crippen molar-refractivity contribution in [2.75, 3.05) is 13.2 Å². The Morgan fingerprint density at radius 1 is 1.58 bits per heavy atom. The van der Waals surface area contributed by atoms with Crippen LogP contribution in [0.25, 0.3) is 0 Å². The highest BCUT2D eigenvalue weighted by Crippen LogP contribution is 2.39. The Morgan fingerprint density at radius 2 is 2.42 bits per heavy atom. The Bertz CT molecular complexity index is 171. The van der Waals surface area contributed by atoms with Crippen molar-refractivity contribution in [3.63, 3.8) is 0 Å². The van der Waals surface area contributed by atoms with Crippen LogP contribution >= 0.6 is 0 Å². The molecule has 3 nitrogen and oxygen atoms in total. The third-order valence-electron chi connectivity index (χ3n) is 2.83. The number of rotatable bonds is 1. The van der Waals surface area contributed by atoms with Crippen LogP contribution in [0, 0.1) is 0 Å². The second-order valence-corrected chi connectivity index (χ2v) is 3.97. The highest BCUT2D eigenvalue weighted by molar-refractivity contribution is 4.94. The molecule has 2 aliphatic rings. The molecule has 2 fully saturated rings. The van der Waals surface area contributed by atoms with Crippen molar-refractivity contribution in [2.45, 2.75) is 44.0 Å². The lowest BCUT2D eigenvalue weighted by molar-refractivity contribution is -0.0611. The van der Waals surface area contributed by atoms with Gasteiger partial charge in [-0.25, -0.2) is 0 Å². The van der Waals surface area contributed by atoms with E-state index in [1.807, 2.05) is 0 Å². The molecule has 0 aromatic rings. The fraction of sp³-hybridized carbons (Fsp3) is 1.00. The highest BCUT2D eigenvalue weighted by Gasteiger charge is 2.45. The van der Waals surface area contributed by atoms with Gasteiger partial charge in [-0.2, -0.15) is 0 Å². The number of ether oxygens (including phenoxy) is 2. The van der Waals surface area contributed by atoms with Gasteiger partial charge in [0, 0.05) is 6.42 Å². The zero-order valence-corrected chi connectivity index (χ0v) is 7.45. The zero-order valence-electron chi connectivity index (χ0n) is 7.45. The van der Waals surface area contributed by atoms with Crippen molar-refractivity contribution < 1.29 is 14.6 Å². The lowest BCUT2D eigenvalue weighted by atomic mass is 9.97. The molecule has 2 rings (SSSR count). The summed E-state index contributed by atoms with van der Waals surface area (Å²) < 4.78 is 11.2. The van der Waals surface area contributed by atoms with Crippen molar-refractivity contribution in [2.24, 2.45) is 0 Å². The third kappa shape index (κ3) is 1.37. The molecular formula is C9H16O3. The first kappa shape index (κ1) is 8.48. The Balaban J connectivity index is 1.97. The van der Waals surface area contributed by atoms with Gasteiger partial charge in [0.05, 0.1) is 31.0 Å². The van der Waals surface area contributed by atoms with Gasteiger partial charge in [-0.1, -0.05) is 0 Å². The van der Waals surface area contributed by atoms with Gasteiger partial charge in [0.25, 0.3) is 0 Å². The fourth-order valence-electron chi connectivity index (χ4n) is 2.22. The van der Waals surface area contributed by atoms with Crippen LogP contribution in [0.15, 0.2) is 0 Å². The van der Waals surface area contributed by atoms with Crippen LogP contribution in [0.4, 0.5) is 0 Å². The van der Waals surface area contributed by atoms with Crippen LogP contribution < -0.4 is 0 Å². The standard InChI is InChI=1S/C9H16O3/c1-7-4-9(6-11-7)3-2-8(5-10)12-9/h7-8,10H,2-6H2,1H3/t7-,8+,9+/m1/s1. The molecule has 0 bridgehead atoms. The Kier molecular flexibility index (Phi) is 2.10. The maximum Gasteiger partial charge on any atom is 0.0945 e. The Hall–Kier alpha value is -0.120. The molecule has 0 radical (unpaired) electrons. The predicted octanol–water partition coefficient (Wildman–Crippen LogP) is 0.705. The van der Waals surface area contributed by atoms with Crippen LogP contribution in [-0.4, -0.2) is 36.1 Å². The summed E-state index contributed by atoms with van der Waals surface area (Å²) >= 11 is 0. The van der Waals surface area contributed by atoms with Crippen molar-refractivity contribution in [1.82, 2.24) is 0 Å². The van der Waals surface area contributed by atoms with Gasteiger partial charge in [0.15, 0.2) is 0 Å². The van der Waals surface area contributed by atoms with Crippen LogP contribution in [-0.2, 0) is 9.47 Å². The van der Waals surface area contributed by atoms with E-state index >= 15 is 0 Å². The molecule has 1 spiro atoms. The van der Waals surface area contributed by atoms with Gasteiger partial charge in [0.2, 0.25) is 0 Å². The minimum absolute atomic E-state index is 0.0488. The molecule has 0 unspecified atom stereocenters. The highest BCUT2D eigenvalue weighted by atomic mass is 16.6. The molecule has 0 aromatic carbocycles. The van der Waals surface area contributed by atoms with Crippen molar-refractivity contribution in [3.05, 3.63) is 0 Å². The topological polar surface area (TPSA) is 38.7 Å². The first-order chi connectivity index (χ1) is 5.74. The van der Waals surface area contributed by atoms with Gasteiger partial charge in [-0.3, -0.25) is 0 Å². The Morgan fingerprint density at radius 3 is 2.92 bits per heavy atom. The van der Waals surface area contributed by atoms with Crippen LogP contribution in [0.3, 0.4) is 0 Å². The first-order valence-corrected chi connectivity index (χ1v) is 4.64. The molecule has 1 N–H and O–H groups in total. The molecule has 2 heterocycles. The van der Waals surface area contributed by atoms with Gasteiger partial charge < -0.3 is 14.6 Å². The van der Waals surface area contributed by atoms with Crippen molar-refractivity contribution >= 4 is 0 Å². The molecule has 3 heteroatoms. The maximum absolute atomic E-state index is 8.91. The van der Waals surface area contributed by atoms with E-state index < -0.39 is 0 Å². The summed E-state index contributed by atoms with van der Waals surface area (Å²) in [7, 11) is 0. The van der Waals surface area contributed by atoms with Crippen LogP contribution in [0.2, 0.25) is 0 Å². The summed E-state index contributed by atoms with van der Waals surface area (Å²) in [4.78, 5) is 0. The lowest BCUT2D eigenvalue weighted by Gasteiger charge is -2.21. The van der Waals surface area contributed by atoms with Gasteiger partial charge in [-0.05, 0) is 19.8 Å². The number of aliphatic hydroxyl groups is 1. The number of hydrogen-bond donors (Lipinski definition) is 1. The third-order valence-corrected chi connectivity index (χ3v) is 2.83. The average molecular weight is 172 g/mol. The summed E-state index contributed by atoms with van der Waals surface area (Å²) in [5.41, 5.74) is -0.0488. The monoisotopic (exact) mass is 172 g/mol. The van der Waals surface area contributed by atoms with Crippen molar-refractivity contribution in [3.8, 4) is 0 Å². The Labute approximate surface area is 72.7 Å². The summed E-state index contributed by atoms with van der Waals surface area (Å²) in [6.07, 6.45) is 3.39. The molecule has 0 aliphatic carbocycles. The van der Waals surface area contributed by atoms with Crippen LogP contribution in [0.5, 0.6) is 0 Å². The zero-order chi connectivity index (χ0) is 8.60. The fourth-order valence-corrected chi connectivity index (χ4v) is 2.22. The van der Waals surface area contributed by atoms with E-state index in [4.69, 9.17) is 14.6 Å². The minimum atomic E-state index is -0.0488. The largest absolute Gasteiger partial charge is 0.394 e. The predicted molar refractivity (Wildman–Crippen MR) is 44.0 cm³/mol. The minimum Gasteiger partial charge on any atom is -0.394 e. The van der Waals surface area contributed by atoms with E-state index in [2.05, 4.69) is 6.92 Å². The number of hydrogen-bond acceptors (Lipinski definition) is 3. The second-order valence-electron chi connectivity index (χ2n) is 3.97. The summed E-state index contributed by atoms with van der Waals surface area (Å²) in [6, 6.07) is 0. The van der Waals surface area contributed by atoms with E-state index in [0.29, 0.717) is 12.7 Å². The summed E-state index contributed by atoms with van der Waals surface area (Å²) in [5, 5.41) is 8.91. The van der Waals surface area contributed by atoms with E-state index in [9.17, 15) is 0 Å². The summed E-state index contributed by atoms with van der Waals surface area (Å²) in [6.45, 7) is 2.94. The molecule has 2 aliphatic heterocycles. The van der Waals surface area contributed by atoms with Crippen molar-refractivity contribution in [1.29, 1.82) is 0 Å². The number of aliphatic hydroxyl groups excluding tert-OH is 1. The lowest BCUT2D eigenvalue weighted by Crippen LogP contribution is -2.30.